The second-order valence-electron chi connectivity index (χ2n) is 8.54. The summed E-state index contributed by atoms with van der Waals surface area (Å²) in [7, 11) is 0. The molecule has 180 valence electrons. The van der Waals surface area contributed by atoms with Crippen molar-refractivity contribution in [3.63, 3.8) is 0 Å². The van der Waals surface area contributed by atoms with E-state index in [9.17, 15) is 9.90 Å². The summed E-state index contributed by atoms with van der Waals surface area (Å²) >= 11 is 6.68. The van der Waals surface area contributed by atoms with Gasteiger partial charge in [0, 0.05) is 52.6 Å². The molecule has 0 unspecified atom stereocenters. The van der Waals surface area contributed by atoms with Crippen LogP contribution in [0.5, 0.6) is 0 Å². The summed E-state index contributed by atoms with van der Waals surface area (Å²) in [6.45, 7) is 3.56. The predicted molar refractivity (Wildman–Crippen MR) is 135 cm³/mol. The molecule has 4 heterocycles. The first-order valence-corrected chi connectivity index (χ1v) is 11.9. The monoisotopic (exact) mass is 492 g/mol. The van der Waals surface area contributed by atoms with Crippen LogP contribution in [0.3, 0.4) is 0 Å². The summed E-state index contributed by atoms with van der Waals surface area (Å²) < 4.78 is 6.84. The Hall–Kier alpha value is -3.40. The fourth-order valence-corrected chi connectivity index (χ4v) is 4.29. The number of nitrogens with one attached hydrogen (secondary N) is 1. The number of hydrogen-bond donors (Lipinski definition) is 2. The van der Waals surface area contributed by atoms with Crippen molar-refractivity contribution in [2.75, 3.05) is 25.1 Å². The van der Waals surface area contributed by atoms with Gasteiger partial charge < -0.3 is 15.2 Å². The molecule has 4 aromatic rings. The second kappa shape index (κ2) is 10.1. The number of aromatic nitrogens is 5. The number of rotatable bonds is 8. The molecule has 1 aromatic carbocycles. The summed E-state index contributed by atoms with van der Waals surface area (Å²) in [5, 5.41) is 13.6. The molecule has 0 radical (unpaired) electrons. The van der Waals surface area contributed by atoms with Crippen LogP contribution >= 0.6 is 11.6 Å². The minimum absolute atomic E-state index is 0.0605. The summed E-state index contributed by atoms with van der Waals surface area (Å²) in [5.41, 5.74) is 3.76. The Kier molecular flexibility index (Phi) is 6.72. The third-order valence-corrected chi connectivity index (χ3v) is 6.21. The highest BCUT2D eigenvalue weighted by atomic mass is 35.5. The number of unbranched alkanes of at least 4 members (excludes halogenated alkanes) is 1. The highest BCUT2D eigenvalue weighted by molar-refractivity contribution is 6.33. The molecule has 0 saturated carbocycles. The Labute approximate surface area is 206 Å². The standard InChI is InChI=1S/C25H25ClN6O3/c1-15-10-27-12-22(29-15)16-4-5-19(21(26)9-16)20-8-17-11-28-25(30-18-13-35-14-18)31-23(17)32(24(20)34)6-2-3-7-33/h4-5,8-12,18,33H,2-3,6-7,13-14H2,1H3,(H,28,30,31). The van der Waals surface area contributed by atoms with Gasteiger partial charge in [-0.2, -0.15) is 4.98 Å². The molecule has 0 aliphatic carbocycles. The molecule has 10 heteroatoms. The van der Waals surface area contributed by atoms with Gasteiger partial charge >= 0.3 is 0 Å². The zero-order valence-corrected chi connectivity index (χ0v) is 20.0. The fraction of sp³-hybridized carbons (Fsp3) is 0.320. The maximum absolute atomic E-state index is 13.6. The first-order valence-electron chi connectivity index (χ1n) is 11.5. The maximum atomic E-state index is 13.6. The lowest BCUT2D eigenvalue weighted by Gasteiger charge is -2.26. The second-order valence-corrected chi connectivity index (χ2v) is 8.94. The zero-order chi connectivity index (χ0) is 24.4. The van der Waals surface area contributed by atoms with E-state index in [0.717, 1.165) is 16.6 Å². The van der Waals surface area contributed by atoms with Crippen molar-refractivity contribution in [3.8, 4) is 22.4 Å². The van der Waals surface area contributed by atoms with E-state index in [1.54, 1.807) is 35.3 Å². The van der Waals surface area contributed by atoms with Crippen molar-refractivity contribution in [2.24, 2.45) is 0 Å². The summed E-state index contributed by atoms with van der Waals surface area (Å²) in [5.74, 6) is 0.454. The first-order chi connectivity index (χ1) is 17.0. The predicted octanol–water partition coefficient (Wildman–Crippen LogP) is 3.46. The number of pyridine rings is 1. The molecule has 5 rings (SSSR count). The van der Waals surface area contributed by atoms with E-state index in [1.807, 2.05) is 19.1 Å². The lowest BCUT2D eigenvalue weighted by molar-refractivity contribution is 0.0208. The van der Waals surface area contributed by atoms with Gasteiger partial charge in [-0.05, 0) is 31.9 Å². The van der Waals surface area contributed by atoms with E-state index in [0.29, 0.717) is 66.0 Å². The van der Waals surface area contributed by atoms with Gasteiger partial charge in [-0.1, -0.05) is 23.7 Å². The van der Waals surface area contributed by atoms with Gasteiger partial charge in [0.2, 0.25) is 5.95 Å². The molecule has 1 aliphatic rings. The molecule has 1 aliphatic heterocycles. The average molecular weight is 493 g/mol. The zero-order valence-electron chi connectivity index (χ0n) is 19.2. The molecule has 0 bridgehead atoms. The smallest absolute Gasteiger partial charge is 0.260 e. The van der Waals surface area contributed by atoms with Crippen molar-refractivity contribution in [1.82, 2.24) is 24.5 Å². The van der Waals surface area contributed by atoms with E-state index in [4.69, 9.17) is 16.3 Å². The van der Waals surface area contributed by atoms with Crippen LogP contribution in [0, 0.1) is 6.92 Å². The number of aryl methyl sites for hydroxylation is 2. The van der Waals surface area contributed by atoms with Crippen molar-refractivity contribution in [1.29, 1.82) is 0 Å². The number of halogens is 1. The van der Waals surface area contributed by atoms with Gasteiger partial charge in [-0.15, -0.1) is 0 Å². The van der Waals surface area contributed by atoms with E-state index >= 15 is 0 Å². The molecule has 0 atom stereocenters. The number of hydrogen-bond acceptors (Lipinski definition) is 8. The Morgan fingerprint density at radius 2 is 2.00 bits per heavy atom. The van der Waals surface area contributed by atoms with Crippen LogP contribution < -0.4 is 10.9 Å². The molecule has 3 aromatic heterocycles. The quantitative estimate of drug-likeness (QED) is 0.359. The maximum Gasteiger partial charge on any atom is 0.260 e. The largest absolute Gasteiger partial charge is 0.396 e. The molecule has 1 saturated heterocycles. The number of fused-ring (bicyclic) bond motifs is 1. The SMILES string of the molecule is Cc1cncc(-c2ccc(-c3cc4cnc(NC5COC5)nc4n(CCCCO)c3=O)c(Cl)c2)n1. The van der Waals surface area contributed by atoms with Crippen molar-refractivity contribution in [2.45, 2.75) is 32.4 Å². The number of aliphatic hydroxyl groups excluding tert-OH is 1. The summed E-state index contributed by atoms with van der Waals surface area (Å²) in [4.78, 5) is 31.4. The highest BCUT2D eigenvalue weighted by Crippen LogP contribution is 2.31. The van der Waals surface area contributed by atoms with E-state index < -0.39 is 0 Å². The molecular weight excluding hydrogens is 468 g/mol. The van der Waals surface area contributed by atoms with Crippen LogP contribution in [-0.2, 0) is 11.3 Å². The van der Waals surface area contributed by atoms with Crippen LogP contribution in [0.2, 0.25) is 5.02 Å². The highest BCUT2D eigenvalue weighted by Gasteiger charge is 2.20. The van der Waals surface area contributed by atoms with Crippen LogP contribution in [0.1, 0.15) is 18.5 Å². The van der Waals surface area contributed by atoms with Gasteiger partial charge in [0.05, 0.1) is 36.8 Å². The minimum atomic E-state index is -0.197. The minimum Gasteiger partial charge on any atom is -0.396 e. The Morgan fingerprint density at radius 3 is 2.71 bits per heavy atom. The summed E-state index contributed by atoms with van der Waals surface area (Å²) in [6.07, 6.45) is 6.30. The fourth-order valence-electron chi connectivity index (χ4n) is 4.01. The van der Waals surface area contributed by atoms with Gasteiger partial charge in [-0.25, -0.2) is 9.97 Å². The molecule has 9 nitrogen and oxygen atoms in total. The van der Waals surface area contributed by atoms with Gasteiger partial charge in [0.1, 0.15) is 5.65 Å². The number of benzene rings is 1. The number of aliphatic hydroxyl groups is 1. The number of anilines is 1. The van der Waals surface area contributed by atoms with Crippen molar-refractivity contribution in [3.05, 3.63) is 63.9 Å². The van der Waals surface area contributed by atoms with Crippen LogP contribution in [-0.4, -0.2) is 55.5 Å². The normalized spacial score (nSPS) is 13.7. The van der Waals surface area contributed by atoms with Crippen LogP contribution in [0.25, 0.3) is 33.4 Å². The number of ether oxygens (including phenoxy) is 1. The van der Waals surface area contributed by atoms with Gasteiger partial charge in [-0.3, -0.25) is 14.3 Å². The number of nitrogens with zero attached hydrogens (tertiary/aromatic N) is 5. The van der Waals surface area contributed by atoms with Crippen molar-refractivity contribution < 1.29 is 9.84 Å². The Bertz CT molecular complexity index is 1440. The topological polar surface area (TPSA) is 115 Å². The van der Waals surface area contributed by atoms with E-state index in [2.05, 4.69) is 25.3 Å². The van der Waals surface area contributed by atoms with Crippen molar-refractivity contribution >= 4 is 28.6 Å². The Morgan fingerprint density at radius 1 is 1.14 bits per heavy atom. The molecule has 0 spiro atoms. The molecule has 35 heavy (non-hydrogen) atoms. The lowest BCUT2D eigenvalue weighted by atomic mass is 10.0. The van der Waals surface area contributed by atoms with Crippen LogP contribution in [0.4, 0.5) is 5.95 Å². The van der Waals surface area contributed by atoms with Gasteiger partial charge in [0.25, 0.3) is 5.56 Å². The Balaban J connectivity index is 1.58. The first kappa shape index (κ1) is 23.3. The third-order valence-electron chi connectivity index (χ3n) is 5.90. The molecular formula is C25H25ClN6O3. The molecule has 0 amide bonds. The average Bonchev–Trinajstić information content (AvgIpc) is 2.83. The molecule has 2 N–H and O–H groups in total. The van der Waals surface area contributed by atoms with E-state index in [1.165, 1.54) is 0 Å². The van der Waals surface area contributed by atoms with Gasteiger partial charge in [0.15, 0.2) is 0 Å². The third kappa shape index (κ3) is 4.88. The lowest BCUT2D eigenvalue weighted by Crippen LogP contribution is -2.40. The van der Waals surface area contributed by atoms with Crippen LogP contribution in [0.15, 0.2) is 47.7 Å². The molecule has 1 fully saturated rings. The summed E-state index contributed by atoms with van der Waals surface area (Å²) in [6, 6.07) is 7.45. The van der Waals surface area contributed by atoms with E-state index in [-0.39, 0.29) is 18.2 Å².